The van der Waals surface area contributed by atoms with Crippen LogP contribution in [-0.2, 0) is 0 Å². The summed E-state index contributed by atoms with van der Waals surface area (Å²) in [7, 11) is 0. The van der Waals surface area contributed by atoms with Crippen molar-refractivity contribution in [3.8, 4) is 0 Å². The summed E-state index contributed by atoms with van der Waals surface area (Å²) < 4.78 is 0. The minimum absolute atomic E-state index is 0.719. The fourth-order valence-electron chi connectivity index (χ4n) is 2.65. The van der Waals surface area contributed by atoms with Gasteiger partial charge in [0.15, 0.2) is 0 Å². The van der Waals surface area contributed by atoms with Crippen LogP contribution in [0.1, 0.15) is 24.5 Å². The summed E-state index contributed by atoms with van der Waals surface area (Å²) >= 11 is 0. The molecule has 1 aliphatic heterocycles. The SMILES string of the molecule is Cc1ccc(N2CCCNCC(C)C2)c(C)c1. The first kappa shape index (κ1) is 12.4. The van der Waals surface area contributed by atoms with Gasteiger partial charge in [-0.25, -0.2) is 0 Å². The van der Waals surface area contributed by atoms with E-state index in [1.165, 1.54) is 29.8 Å². The van der Waals surface area contributed by atoms with Gasteiger partial charge in [0.05, 0.1) is 0 Å². The summed E-state index contributed by atoms with van der Waals surface area (Å²) in [5, 5.41) is 3.51. The van der Waals surface area contributed by atoms with Crippen molar-refractivity contribution in [2.45, 2.75) is 27.2 Å². The van der Waals surface area contributed by atoms with Crippen LogP contribution in [0.25, 0.3) is 0 Å². The predicted octanol–water partition coefficient (Wildman–Crippen LogP) is 2.74. The van der Waals surface area contributed by atoms with Gasteiger partial charge in [0.2, 0.25) is 0 Å². The molecule has 1 aliphatic rings. The average molecular weight is 232 g/mol. The van der Waals surface area contributed by atoms with E-state index in [0.717, 1.165) is 25.6 Å². The number of nitrogens with zero attached hydrogens (tertiary/aromatic N) is 1. The Balaban J connectivity index is 2.17. The molecule has 0 aromatic heterocycles. The number of hydrogen-bond donors (Lipinski definition) is 1. The molecule has 1 fully saturated rings. The summed E-state index contributed by atoms with van der Waals surface area (Å²) in [6.07, 6.45) is 1.24. The number of rotatable bonds is 1. The molecule has 1 aromatic rings. The lowest BCUT2D eigenvalue weighted by Gasteiger charge is -2.31. The maximum Gasteiger partial charge on any atom is 0.0396 e. The van der Waals surface area contributed by atoms with Gasteiger partial charge in [-0.2, -0.15) is 0 Å². The Labute approximate surface area is 105 Å². The van der Waals surface area contributed by atoms with Crippen molar-refractivity contribution < 1.29 is 0 Å². The van der Waals surface area contributed by atoms with Crippen LogP contribution in [0.4, 0.5) is 5.69 Å². The van der Waals surface area contributed by atoms with Gasteiger partial charge in [0.1, 0.15) is 0 Å². The van der Waals surface area contributed by atoms with E-state index in [4.69, 9.17) is 0 Å². The Morgan fingerprint density at radius 3 is 2.88 bits per heavy atom. The monoisotopic (exact) mass is 232 g/mol. The Morgan fingerprint density at radius 1 is 1.29 bits per heavy atom. The van der Waals surface area contributed by atoms with Crippen molar-refractivity contribution in [2.24, 2.45) is 5.92 Å². The Kier molecular flexibility index (Phi) is 4.06. The van der Waals surface area contributed by atoms with E-state index in [2.05, 4.69) is 49.2 Å². The highest BCUT2D eigenvalue weighted by atomic mass is 15.1. The third kappa shape index (κ3) is 3.22. The summed E-state index contributed by atoms with van der Waals surface area (Å²) in [4.78, 5) is 2.56. The summed E-state index contributed by atoms with van der Waals surface area (Å²) in [6, 6.07) is 6.80. The first-order chi connectivity index (χ1) is 8.16. The van der Waals surface area contributed by atoms with E-state index in [1.54, 1.807) is 0 Å². The van der Waals surface area contributed by atoms with Gasteiger partial charge < -0.3 is 10.2 Å². The van der Waals surface area contributed by atoms with Gasteiger partial charge in [-0.3, -0.25) is 0 Å². The van der Waals surface area contributed by atoms with Crippen molar-refractivity contribution in [1.82, 2.24) is 5.32 Å². The number of anilines is 1. The van der Waals surface area contributed by atoms with Crippen LogP contribution < -0.4 is 10.2 Å². The first-order valence-corrected chi connectivity index (χ1v) is 6.70. The minimum atomic E-state index is 0.719. The molecule has 1 atom stereocenters. The fourth-order valence-corrected chi connectivity index (χ4v) is 2.65. The second-order valence-electron chi connectivity index (χ2n) is 5.40. The van der Waals surface area contributed by atoms with Crippen molar-refractivity contribution in [3.63, 3.8) is 0 Å². The topological polar surface area (TPSA) is 15.3 Å². The summed E-state index contributed by atoms with van der Waals surface area (Å²) in [6.45, 7) is 11.3. The lowest BCUT2D eigenvalue weighted by atomic mass is 10.1. The normalized spacial score (nSPS) is 22.1. The van der Waals surface area contributed by atoms with Crippen LogP contribution >= 0.6 is 0 Å². The molecule has 1 heterocycles. The number of benzene rings is 1. The summed E-state index contributed by atoms with van der Waals surface area (Å²) in [5.74, 6) is 0.719. The zero-order valence-corrected chi connectivity index (χ0v) is 11.3. The minimum Gasteiger partial charge on any atom is -0.371 e. The molecule has 2 nitrogen and oxygen atoms in total. The molecule has 1 unspecified atom stereocenters. The highest BCUT2D eigenvalue weighted by Gasteiger charge is 2.14. The van der Waals surface area contributed by atoms with Crippen LogP contribution in [0.2, 0.25) is 0 Å². The second kappa shape index (κ2) is 5.54. The van der Waals surface area contributed by atoms with Crippen LogP contribution in [0.15, 0.2) is 18.2 Å². The standard InChI is InChI=1S/C15H24N2/c1-12-5-6-15(14(3)9-12)17-8-4-7-16-10-13(2)11-17/h5-6,9,13,16H,4,7-8,10-11H2,1-3H3. The first-order valence-electron chi connectivity index (χ1n) is 6.70. The zero-order chi connectivity index (χ0) is 12.3. The maximum atomic E-state index is 3.51. The molecule has 1 saturated heterocycles. The fraction of sp³-hybridized carbons (Fsp3) is 0.600. The van der Waals surface area contributed by atoms with Gasteiger partial charge in [-0.05, 0) is 50.9 Å². The largest absolute Gasteiger partial charge is 0.371 e. The molecule has 0 amide bonds. The van der Waals surface area contributed by atoms with E-state index in [1.807, 2.05) is 0 Å². The Hall–Kier alpha value is -1.02. The van der Waals surface area contributed by atoms with E-state index in [-0.39, 0.29) is 0 Å². The number of aryl methyl sites for hydroxylation is 2. The molecular formula is C15H24N2. The quantitative estimate of drug-likeness (QED) is 0.801. The van der Waals surface area contributed by atoms with Crippen LogP contribution in [-0.4, -0.2) is 26.2 Å². The summed E-state index contributed by atoms with van der Waals surface area (Å²) in [5.41, 5.74) is 4.18. The van der Waals surface area contributed by atoms with Gasteiger partial charge in [0, 0.05) is 18.8 Å². The van der Waals surface area contributed by atoms with Crippen LogP contribution in [0.5, 0.6) is 0 Å². The molecule has 1 N–H and O–H groups in total. The molecule has 17 heavy (non-hydrogen) atoms. The Morgan fingerprint density at radius 2 is 2.12 bits per heavy atom. The highest BCUT2D eigenvalue weighted by Crippen LogP contribution is 2.22. The second-order valence-corrected chi connectivity index (χ2v) is 5.40. The van der Waals surface area contributed by atoms with Crippen molar-refractivity contribution in [2.75, 3.05) is 31.1 Å². The van der Waals surface area contributed by atoms with E-state index in [0.29, 0.717) is 0 Å². The molecule has 2 heteroatoms. The maximum absolute atomic E-state index is 3.51. The predicted molar refractivity (Wildman–Crippen MR) is 74.8 cm³/mol. The highest BCUT2D eigenvalue weighted by molar-refractivity contribution is 5.54. The third-order valence-corrected chi connectivity index (χ3v) is 3.50. The van der Waals surface area contributed by atoms with Crippen molar-refractivity contribution in [1.29, 1.82) is 0 Å². The average Bonchev–Trinajstić information content (AvgIpc) is 2.24. The molecular weight excluding hydrogens is 208 g/mol. The Bertz CT molecular complexity index is 373. The van der Waals surface area contributed by atoms with E-state index < -0.39 is 0 Å². The molecule has 1 aromatic carbocycles. The van der Waals surface area contributed by atoms with Gasteiger partial charge >= 0.3 is 0 Å². The zero-order valence-electron chi connectivity index (χ0n) is 11.3. The van der Waals surface area contributed by atoms with Crippen LogP contribution in [0.3, 0.4) is 0 Å². The van der Waals surface area contributed by atoms with Gasteiger partial charge in [-0.1, -0.05) is 24.6 Å². The lowest BCUT2D eigenvalue weighted by molar-refractivity contribution is 0.467. The number of hydrogen-bond acceptors (Lipinski definition) is 2. The van der Waals surface area contributed by atoms with Crippen molar-refractivity contribution >= 4 is 5.69 Å². The molecule has 0 bridgehead atoms. The van der Waals surface area contributed by atoms with E-state index in [9.17, 15) is 0 Å². The molecule has 0 radical (unpaired) electrons. The van der Waals surface area contributed by atoms with Crippen LogP contribution in [0, 0.1) is 19.8 Å². The molecule has 0 spiro atoms. The van der Waals surface area contributed by atoms with Crippen molar-refractivity contribution in [3.05, 3.63) is 29.3 Å². The molecule has 0 aliphatic carbocycles. The third-order valence-electron chi connectivity index (χ3n) is 3.50. The molecule has 2 rings (SSSR count). The lowest BCUT2D eigenvalue weighted by Crippen LogP contribution is -2.39. The number of nitrogens with one attached hydrogen (secondary N) is 1. The molecule has 0 saturated carbocycles. The van der Waals surface area contributed by atoms with Gasteiger partial charge in [-0.15, -0.1) is 0 Å². The molecule has 94 valence electrons. The smallest absolute Gasteiger partial charge is 0.0396 e. The van der Waals surface area contributed by atoms with E-state index >= 15 is 0 Å². The van der Waals surface area contributed by atoms with Gasteiger partial charge in [0.25, 0.3) is 0 Å².